The number of hydrogen-bond donors (Lipinski definition) is 2. The highest BCUT2D eigenvalue weighted by Gasteiger charge is 2.55. The quantitative estimate of drug-likeness (QED) is 0.780. The van der Waals surface area contributed by atoms with Crippen LogP contribution in [0.1, 0.15) is 16.8 Å². The number of hydrogen-bond acceptors (Lipinski definition) is 5. The van der Waals surface area contributed by atoms with Crippen LogP contribution in [0.25, 0.3) is 0 Å². The molecule has 0 bridgehead atoms. The second kappa shape index (κ2) is 6.72. The zero-order valence-electron chi connectivity index (χ0n) is 13.6. The molecule has 0 aliphatic carbocycles. The standard InChI is InChI=1S/C17H20N2O6/c18-14(20)9-25-13-4-2-1-3-12(13)15(21)19-7-11-8-24-6-5-17(11,10-19)16(22)23/h1-4,11H,5-10H2,(H2,18,20)(H,22,23)/t11-,17+/m0/s1. The monoisotopic (exact) mass is 348 g/mol. The highest BCUT2D eigenvalue weighted by molar-refractivity contribution is 5.97. The van der Waals surface area contributed by atoms with E-state index in [0.717, 1.165) is 0 Å². The molecule has 0 aromatic heterocycles. The summed E-state index contributed by atoms with van der Waals surface area (Å²) in [5, 5.41) is 9.70. The predicted octanol–water partition coefficient (Wildman–Crippen LogP) is 0.114. The van der Waals surface area contributed by atoms with Crippen molar-refractivity contribution in [3.8, 4) is 5.75 Å². The van der Waals surface area contributed by atoms with Gasteiger partial charge in [0.15, 0.2) is 6.61 Å². The van der Waals surface area contributed by atoms with Crippen molar-refractivity contribution < 1.29 is 29.0 Å². The van der Waals surface area contributed by atoms with Gasteiger partial charge in [-0.15, -0.1) is 0 Å². The summed E-state index contributed by atoms with van der Waals surface area (Å²) in [5.74, 6) is -1.84. The van der Waals surface area contributed by atoms with Crippen LogP contribution in [0.5, 0.6) is 5.75 Å². The molecule has 2 amide bonds. The highest BCUT2D eigenvalue weighted by Crippen LogP contribution is 2.43. The summed E-state index contributed by atoms with van der Waals surface area (Å²) in [6.07, 6.45) is 0.386. The third kappa shape index (κ3) is 3.17. The fraction of sp³-hybridized carbons (Fsp3) is 0.471. The zero-order valence-corrected chi connectivity index (χ0v) is 13.6. The van der Waals surface area contributed by atoms with Gasteiger partial charge in [0.05, 0.1) is 17.6 Å². The zero-order chi connectivity index (χ0) is 18.0. The van der Waals surface area contributed by atoms with Gasteiger partial charge in [0.2, 0.25) is 0 Å². The SMILES string of the molecule is NC(=O)COc1ccccc1C(=O)N1C[C@H]2COCC[C@@]2(C(=O)O)C1. The number of carbonyl (C=O) groups is 3. The molecule has 2 heterocycles. The van der Waals surface area contributed by atoms with Gasteiger partial charge >= 0.3 is 5.97 Å². The fourth-order valence-electron chi connectivity index (χ4n) is 3.54. The van der Waals surface area contributed by atoms with Crippen molar-refractivity contribution in [3.63, 3.8) is 0 Å². The lowest BCUT2D eigenvalue weighted by Crippen LogP contribution is -2.45. The lowest BCUT2D eigenvalue weighted by molar-refractivity contribution is -0.157. The maximum absolute atomic E-state index is 12.9. The van der Waals surface area contributed by atoms with Crippen molar-refractivity contribution in [3.05, 3.63) is 29.8 Å². The first-order valence-electron chi connectivity index (χ1n) is 8.04. The number of likely N-dealkylation sites (tertiary alicyclic amines) is 1. The van der Waals surface area contributed by atoms with Gasteiger partial charge < -0.3 is 25.2 Å². The van der Waals surface area contributed by atoms with Crippen LogP contribution >= 0.6 is 0 Å². The Labute approximate surface area is 144 Å². The molecule has 25 heavy (non-hydrogen) atoms. The number of nitrogens with zero attached hydrogens (tertiary/aromatic N) is 1. The second-order valence-electron chi connectivity index (χ2n) is 6.42. The van der Waals surface area contributed by atoms with E-state index >= 15 is 0 Å². The Balaban J connectivity index is 1.83. The molecule has 0 unspecified atom stereocenters. The third-order valence-corrected chi connectivity index (χ3v) is 4.91. The molecule has 2 aliphatic rings. The number of carboxylic acid groups (broad SMARTS) is 1. The van der Waals surface area contributed by atoms with E-state index in [1.165, 1.54) is 4.90 Å². The second-order valence-corrected chi connectivity index (χ2v) is 6.42. The van der Waals surface area contributed by atoms with Crippen LogP contribution in [0.3, 0.4) is 0 Å². The van der Waals surface area contributed by atoms with Gasteiger partial charge in [-0.3, -0.25) is 14.4 Å². The van der Waals surface area contributed by atoms with E-state index in [1.54, 1.807) is 24.3 Å². The summed E-state index contributed by atoms with van der Waals surface area (Å²) in [7, 11) is 0. The summed E-state index contributed by atoms with van der Waals surface area (Å²) in [4.78, 5) is 37.2. The maximum atomic E-state index is 12.9. The summed E-state index contributed by atoms with van der Waals surface area (Å²) in [6.45, 7) is 0.827. The van der Waals surface area contributed by atoms with Crippen molar-refractivity contribution in [1.82, 2.24) is 4.90 Å². The number of amides is 2. The van der Waals surface area contributed by atoms with Gasteiger partial charge in [-0.2, -0.15) is 0 Å². The molecule has 2 aliphatic heterocycles. The Morgan fingerprint density at radius 3 is 2.80 bits per heavy atom. The van der Waals surface area contributed by atoms with Gasteiger partial charge in [0.25, 0.3) is 11.8 Å². The molecule has 3 N–H and O–H groups in total. The van der Waals surface area contributed by atoms with Crippen molar-refractivity contribution >= 4 is 17.8 Å². The molecule has 0 radical (unpaired) electrons. The minimum atomic E-state index is -0.961. The van der Waals surface area contributed by atoms with Gasteiger partial charge in [0.1, 0.15) is 5.75 Å². The molecule has 2 atom stereocenters. The highest BCUT2D eigenvalue weighted by atomic mass is 16.5. The Kier molecular flexibility index (Phi) is 4.63. The van der Waals surface area contributed by atoms with E-state index < -0.39 is 17.3 Å². The van der Waals surface area contributed by atoms with Gasteiger partial charge in [-0.25, -0.2) is 0 Å². The Morgan fingerprint density at radius 1 is 1.36 bits per heavy atom. The van der Waals surface area contributed by atoms with Crippen LogP contribution in [0, 0.1) is 11.3 Å². The average molecular weight is 348 g/mol. The Bertz CT molecular complexity index is 706. The molecule has 1 aromatic carbocycles. The van der Waals surface area contributed by atoms with E-state index in [9.17, 15) is 19.5 Å². The molecule has 0 saturated carbocycles. The van der Waals surface area contributed by atoms with E-state index in [4.69, 9.17) is 15.2 Å². The number of carbonyl (C=O) groups excluding carboxylic acids is 2. The number of ether oxygens (including phenoxy) is 2. The van der Waals surface area contributed by atoms with Crippen LogP contribution in [-0.2, 0) is 14.3 Å². The number of rotatable bonds is 5. The number of aliphatic carboxylic acids is 1. The van der Waals surface area contributed by atoms with Crippen LogP contribution < -0.4 is 10.5 Å². The molecule has 2 saturated heterocycles. The van der Waals surface area contributed by atoms with E-state index in [2.05, 4.69) is 0 Å². The fourth-order valence-corrected chi connectivity index (χ4v) is 3.54. The van der Waals surface area contributed by atoms with Crippen molar-refractivity contribution in [1.29, 1.82) is 0 Å². The van der Waals surface area contributed by atoms with Gasteiger partial charge in [0, 0.05) is 25.6 Å². The topological polar surface area (TPSA) is 119 Å². The molecular weight excluding hydrogens is 328 g/mol. The molecule has 134 valence electrons. The van der Waals surface area contributed by atoms with E-state index in [0.29, 0.717) is 26.2 Å². The van der Waals surface area contributed by atoms with Crippen LogP contribution in [-0.4, -0.2) is 60.7 Å². The minimum absolute atomic E-state index is 0.138. The number of primary amides is 1. The number of nitrogens with two attached hydrogens (primary N) is 1. The summed E-state index contributed by atoms with van der Waals surface area (Å²) in [5.41, 5.74) is 4.40. The Hall–Kier alpha value is -2.61. The summed E-state index contributed by atoms with van der Waals surface area (Å²) < 4.78 is 10.7. The van der Waals surface area contributed by atoms with E-state index in [1.807, 2.05) is 0 Å². The first-order valence-corrected chi connectivity index (χ1v) is 8.04. The molecule has 1 aromatic rings. The van der Waals surface area contributed by atoms with Crippen molar-refractivity contribution in [2.45, 2.75) is 6.42 Å². The van der Waals surface area contributed by atoms with Crippen LogP contribution in [0.4, 0.5) is 0 Å². The lowest BCUT2D eigenvalue weighted by Gasteiger charge is -2.33. The molecule has 8 heteroatoms. The number of carboxylic acids is 1. The van der Waals surface area contributed by atoms with E-state index in [-0.39, 0.29) is 36.3 Å². The predicted molar refractivity (Wildman–Crippen MR) is 86.0 cm³/mol. The van der Waals surface area contributed by atoms with Gasteiger partial charge in [-0.05, 0) is 18.6 Å². The third-order valence-electron chi connectivity index (χ3n) is 4.91. The molecule has 0 spiro atoms. The maximum Gasteiger partial charge on any atom is 0.311 e. The molecular formula is C17H20N2O6. The van der Waals surface area contributed by atoms with Gasteiger partial charge in [-0.1, -0.05) is 12.1 Å². The molecule has 3 rings (SSSR count). The first kappa shape index (κ1) is 17.2. The normalized spacial score (nSPS) is 25.3. The summed E-state index contributed by atoms with van der Waals surface area (Å²) >= 11 is 0. The van der Waals surface area contributed by atoms with Crippen LogP contribution in [0.15, 0.2) is 24.3 Å². The number of para-hydroxylation sites is 1. The molecule has 8 nitrogen and oxygen atoms in total. The number of benzene rings is 1. The number of fused-ring (bicyclic) bond motifs is 1. The minimum Gasteiger partial charge on any atom is -0.483 e. The smallest absolute Gasteiger partial charge is 0.311 e. The van der Waals surface area contributed by atoms with Crippen molar-refractivity contribution in [2.75, 3.05) is 32.9 Å². The summed E-state index contributed by atoms with van der Waals surface area (Å²) in [6, 6.07) is 6.53. The first-order chi connectivity index (χ1) is 11.9. The average Bonchev–Trinajstić information content (AvgIpc) is 3.00. The van der Waals surface area contributed by atoms with Crippen LogP contribution in [0.2, 0.25) is 0 Å². The molecule has 2 fully saturated rings. The lowest BCUT2D eigenvalue weighted by atomic mass is 9.74. The Morgan fingerprint density at radius 2 is 2.12 bits per heavy atom. The largest absolute Gasteiger partial charge is 0.483 e. The van der Waals surface area contributed by atoms with Crippen molar-refractivity contribution in [2.24, 2.45) is 17.1 Å².